The van der Waals surface area contributed by atoms with Crippen LogP contribution in [-0.4, -0.2) is 41.0 Å². The molecule has 6 heteroatoms. The fourth-order valence-corrected chi connectivity index (χ4v) is 3.11. The van der Waals surface area contributed by atoms with Gasteiger partial charge in [-0.3, -0.25) is 14.5 Å². The summed E-state index contributed by atoms with van der Waals surface area (Å²) in [4.78, 5) is 25.4. The van der Waals surface area contributed by atoms with Gasteiger partial charge in [-0.05, 0) is 43.7 Å². The molecule has 0 aliphatic carbocycles. The van der Waals surface area contributed by atoms with Crippen LogP contribution in [0.15, 0.2) is 54.6 Å². The van der Waals surface area contributed by atoms with Gasteiger partial charge < -0.3 is 15.2 Å². The zero-order valence-corrected chi connectivity index (χ0v) is 14.4. The number of ether oxygens (including phenoxy) is 1. The van der Waals surface area contributed by atoms with Crippen LogP contribution in [-0.2, 0) is 9.59 Å². The van der Waals surface area contributed by atoms with Crippen LogP contribution in [0, 0.1) is 0 Å². The van der Waals surface area contributed by atoms with Crippen LogP contribution in [0.3, 0.4) is 0 Å². The van der Waals surface area contributed by atoms with Gasteiger partial charge in [0.05, 0.1) is 6.54 Å². The number of piperidine rings is 1. The number of amides is 1. The smallest absolute Gasteiger partial charge is 0.320 e. The Kier molecular flexibility index (Phi) is 5.86. The van der Waals surface area contributed by atoms with Gasteiger partial charge in [-0.25, -0.2) is 0 Å². The van der Waals surface area contributed by atoms with Crippen LogP contribution >= 0.6 is 0 Å². The van der Waals surface area contributed by atoms with E-state index in [0.717, 1.165) is 12.8 Å². The fourth-order valence-electron chi connectivity index (χ4n) is 3.11. The van der Waals surface area contributed by atoms with E-state index in [1.807, 2.05) is 36.4 Å². The highest BCUT2D eigenvalue weighted by Gasteiger charge is 2.29. The topological polar surface area (TPSA) is 78.9 Å². The lowest BCUT2D eigenvalue weighted by atomic mass is 10.0. The Hall–Kier alpha value is -2.86. The molecule has 1 atom stereocenters. The molecule has 2 aromatic carbocycles. The van der Waals surface area contributed by atoms with E-state index in [9.17, 15) is 14.7 Å². The Morgan fingerprint density at radius 2 is 1.85 bits per heavy atom. The summed E-state index contributed by atoms with van der Waals surface area (Å²) in [6, 6.07) is 16.0. The molecule has 1 unspecified atom stereocenters. The maximum atomic E-state index is 12.3. The molecule has 1 amide bonds. The number of aliphatic carboxylic acids is 1. The van der Waals surface area contributed by atoms with Crippen molar-refractivity contribution < 1.29 is 19.4 Å². The van der Waals surface area contributed by atoms with Crippen molar-refractivity contribution in [2.45, 2.75) is 25.3 Å². The minimum atomic E-state index is -0.865. The number of carboxylic acid groups (broad SMARTS) is 1. The Morgan fingerprint density at radius 3 is 2.62 bits per heavy atom. The SMILES string of the molecule is O=C(CN1CCCCC1C(=O)O)Nc1cccc(Oc2ccccc2)c1. The van der Waals surface area contributed by atoms with Gasteiger partial charge in [-0.2, -0.15) is 0 Å². The number of hydrogen-bond donors (Lipinski definition) is 2. The standard InChI is InChI=1S/C20H22N2O4/c23-19(14-22-12-5-4-11-18(22)20(24)25)21-15-7-6-10-17(13-15)26-16-8-2-1-3-9-16/h1-3,6-10,13,18H,4-5,11-12,14H2,(H,21,23)(H,24,25). The number of carbonyl (C=O) groups excluding carboxylic acids is 1. The molecule has 2 N–H and O–H groups in total. The summed E-state index contributed by atoms with van der Waals surface area (Å²) < 4.78 is 5.76. The maximum absolute atomic E-state index is 12.3. The van der Waals surface area contributed by atoms with Crippen molar-refractivity contribution in [3.8, 4) is 11.5 Å². The normalized spacial score (nSPS) is 17.5. The molecule has 1 fully saturated rings. The minimum absolute atomic E-state index is 0.0702. The van der Waals surface area contributed by atoms with Crippen LogP contribution in [0.2, 0.25) is 0 Å². The molecule has 1 aliphatic rings. The minimum Gasteiger partial charge on any atom is -0.480 e. The Balaban J connectivity index is 1.60. The van der Waals surface area contributed by atoms with E-state index in [1.165, 1.54) is 0 Å². The predicted molar refractivity (Wildman–Crippen MR) is 98.4 cm³/mol. The quantitative estimate of drug-likeness (QED) is 0.832. The highest BCUT2D eigenvalue weighted by Crippen LogP contribution is 2.24. The van der Waals surface area contributed by atoms with Crippen molar-refractivity contribution in [3.05, 3.63) is 54.6 Å². The molecule has 1 heterocycles. The van der Waals surface area contributed by atoms with Crippen LogP contribution in [0.5, 0.6) is 11.5 Å². The lowest BCUT2D eigenvalue weighted by molar-refractivity contribution is -0.145. The van der Waals surface area contributed by atoms with E-state index in [0.29, 0.717) is 30.2 Å². The third-order valence-electron chi connectivity index (χ3n) is 4.34. The molecular weight excluding hydrogens is 332 g/mol. The first-order valence-corrected chi connectivity index (χ1v) is 8.71. The highest BCUT2D eigenvalue weighted by molar-refractivity contribution is 5.92. The lowest BCUT2D eigenvalue weighted by Gasteiger charge is -2.32. The van der Waals surface area contributed by atoms with E-state index in [-0.39, 0.29) is 12.5 Å². The maximum Gasteiger partial charge on any atom is 0.320 e. The number of nitrogens with zero attached hydrogens (tertiary/aromatic N) is 1. The molecule has 2 aromatic rings. The van der Waals surface area contributed by atoms with Crippen molar-refractivity contribution in [2.24, 2.45) is 0 Å². The van der Waals surface area contributed by atoms with Crippen molar-refractivity contribution in [3.63, 3.8) is 0 Å². The Morgan fingerprint density at radius 1 is 1.08 bits per heavy atom. The molecule has 0 aromatic heterocycles. The van der Waals surface area contributed by atoms with E-state index >= 15 is 0 Å². The van der Waals surface area contributed by atoms with Gasteiger partial charge in [0, 0.05) is 11.8 Å². The van der Waals surface area contributed by atoms with Gasteiger partial charge in [-0.1, -0.05) is 30.7 Å². The van der Waals surface area contributed by atoms with Crippen LogP contribution in [0.1, 0.15) is 19.3 Å². The zero-order chi connectivity index (χ0) is 18.4. The average Bonchev–Trinajstić information content (AvgIpc) is 2.63. The van der Waals surface area contributed by atoms with Gasteiger partial charge in [0.1, 0.15) is 17.5 Å². The summed E-state index contributed by atoms with van der Waals surface area (Å²) >= 11 is 0. The molecule has 0 radical (unpaired) electrons. The second-order valence-corrected chi connectivity index (χ2v) is 6.31. The predicted octanol–water partition coefficient (Wildman–Crippen LogP) is 3.36. The number of nitrogens with one attached hydrogen (secondary N) is 1. The molecule has 136 valence electrons. The number of likely N-dealkylation sites (tertiary alicyclic amines) is 1. The Labute approximate surface area is 152 Å². The fraction of sp³-hybridized carbons (Fsp3) is 0.300. The molecule has 3 rings (SSSR count). The number of rotatable bonds is 6. The second kappa shape index (κ2) is 8.49. The molecule has 1 aliphatic heterocycles. The largest absolute Gasteiger partial charge is 0.480 e. The van der Waals surface area contributed by atoms with Crippen molar-refractivity contribution in [1.29, 1.82) is 0 Å². The van der Waals surface area contributed by atoms with Gasteiger partial charge in [0.25, 0.3) is 0 Å². The number of hydrogen-bond acceptors (Lipinski definition) is 4. The summed E-state index contributed by atoms with van der Waals surface area (Å²) in [5, 5.41) is 12.1. The number of para-hydroxylation sites is 1. The molecule has 0 spiro atoms. The van der Waals surface area contributed by atoms with Gasteiger partial charge in [0.15, 0.2) is 0 Å². The Bertz CT molecular complexity index is 763. The third-order valence-corrected chi connectivity index (χ3v) is 4.34. The number of benzene rings is 2. The molecule has 0 bridgehead atoms. The van der Waals surface area contributed by atoms with Crippen molar-refractivity contribution >= 4 is 17.6 Å². The van der Waals surface area contributed by atoms with E-state index in [2.05, 4.69) is 5.32 Å². The lowest BCUT2D eigenvalue weighted by Crippen LogP contribution is -2.47. The summed E-state index contributed by atoms with van der Waals surface area (Å²) in [6.07, 6.45) is 2.38. The first-order chi connectivity index (χ1) is 12.6. The molecule has 26 heavy (non-hydrogen) atoms. The summed E-state index contributed by atoms with van der Waals surface area (Å²) in [5.41, 5.74) is 0.618. The van der Waals surface area contributed by atoms with Crippen LogP contribution < -0.4 is 10.1 Å². The van der Waals surface area contributed by atoms with E-state index in [4.69, 9.17) is 4.74 Å². The third kappa shape index (κ3) is 4.83. The van der Waals surface area contributed by atoms with E-state index in [1.54, 1.807) is 23.1 Å². The van der Waals surface area contributed by atoms with Gasteiger partial charge >= 0.3 is 5.97 Å². The summed E-state index contributed by atoms with van der Waals surface area (Å²) in [6.45, 7) is 0.697. The molecular formula is C20H22N2O4. The summed E-state index contributed by atoms with van der Waals surface area (Å²) in [5.74, 6) is 0.245. The zero-order valence-electron chi connectivity index (χ0n) is 14.4. The molecule has 1 saturated heterocycles. The van der Waals surface area contributed by atoms with Gasteiger partial charge in [-0.15, -0.1) is 0 Å². The first kappa shape index (κ1) is 17.9. The number of anilines is 1. The first-order valence-electron chi connectivity index (χ1n) is 8.71. The van der Waals surface area contributed by atoms with Crippen molar-refractivity contribution in [1.82, 2.24) is 4.90 Å². The number of carbonyl (C=O) groups is 2. The number of carboxylic acids is 1. The highest BCUT2D eigenvalue weighted by atomic mass is 16.5. The molecule has 6 nitrogen and oxygen atoms in total. The average molecular weight is 354 g/mol. The van der Waals surface area contributed by atoms with Crippen molar-refractivity contribution in [2.75, 3.05) is 18.4 Å². The van der Waals surface area contributed by atoms with E-state index < -0.39 is 12.0 Å². The van der Waals surface area contributed by atoms with Crippen LogP contribution in [0.25, 0.3) is 0 Å². The van der Waals surface area contributed by atoms with Gasteiger partial charge in [0.2, 0.25) is 5.91 Å². The monoisotopic (exact) mass is 354 g/mol. The molecule has 0 saturated carbocycles. The van der Waals surface area contributed by atoms with Crippen LogP contribution in [0.4, 0.5) is 5.69 Å². The summed E-state index contributed by atoms with van der Waals surface area (Å²) in [7, 11) is 0. The second-order valence-electron chi connectivity index (χ2n) is 6.31.